The molecule has 0 fully saturated rings. The largest absolute Gasteiger partial charge is 0.334 e. The second-order valence-corrected chi connectivity index (χ2v) is 7.40. The van der Waals surface area contributed by atoms with Crippen LogP contribution >= 0.6 is 34.5 Å². The number of nitrogens with zero attached hydrogens (tertiary/aromatic N) is 2. The minimum absolute atomic E-state index is 0.309. The third kappa shape index (κ3) is 3.07. The Labute approximate surface area is 162 Å². The van der Waals surface area contributed by atoms with Gasteiger partial charge in [-0.1, -0.05) is 46.6 Å². The molecule has 0 radical (unpaired) electrons. The molecule has 130 valence electrons. The molecule has 26 heavy (non-hydrogen) atoms. The molecule has 0 bridgehead atoms. The highest BCUT2D eigenvalue weighted by molar-refractivity contribution is 7.21. The Bertz CT molecular complexity index is 1140. The van der Waals surface area contributed by atoms with Gasteiger partial charge in [0.2, 0.25) is 0 Å². The number of amides is 1. The lowest BCUT2D eigenvalue weighted by atomic mass is 10.1. The summed E-state index contributed by atoms with van der Waals surface area (Å²) in [7, 11) is 0. The molecule has 1 amide bonds. The van der Waals surface area contributed by atoms with Gasteiger partial charge in [-0.15, -0.1) is 11.3 Å². The summed E-state index contributed by atoms with van der Waals surface area (Å²) < 4.78 is 6.07. The number of aryl methyl sites for hydroxylation is 1. The van der Waals surface area contributed by atoms with E-state index < -0.39 is 0 Å². The van der Waals surface area contributed by atoms with Crippen molar-refractivity contribution in [1.82, 2.24) is 10.1 Å². The molecule has 5 nitrogen and oxygen atoms in total. The summed E-state index contributed by atoms with van der Waals surface area (Å²) in [4.78, 5) is 17.4. The molecule has 0 aliphatic rings. The molecule has 0 saturated carbocycles. The van der Waals surface area contributed by atoms with E-state index in [0.29, 0.717) is 37.9 Å². The average Bonchev–Trinajstić information content (AvgIpc) is 3.19. The van der Waals surface area contributed by atoms with Gasteiger partial charge in [-0.25, -0.2) is 0 Å². The highest BCUT2D eigenvalue weighted by Gasteiger charge is 2.19. The Hall–Kier alpha value is -2.41. The standard InChI is InChI=1S/C18H11Cl2N3O2S/c1-9-21-18(25-23-9)11-4-2-3-5-13(11)22-17(24)16-15(20)12-7-6-10(19)8-14(12)26-16/h2-8H,1H3,(H,22,24). The summed E-state index contributed by atoms with van der Waals surface area (Å²) >= 11 is 13.7. The van der Waals surface area contributed by atoms with Crippen LogP contribution in [0.5, 0.6) is 0 Å². The van der Waals surface area contributed by atoms with Crippen LogP contribution in [0.1, 0.15) is 15.5 Å². The molecule has 2 heterocycles. The molecule has 1 N–H and O–H groups in total. The number of anilines is 1. The Kier molecular flexibility index (Phi) is 4.40. The van der Waals surface area contributed by atoms with Crippen molar-refractivity contribution in [3.05, 3.63) is 63.2 Å². The van der Waals surface area contributed by atoms with Crippen LogP contribution in [0, 0.1) is 6.92 Å². The second-order valence-electron chi connectivity index (χ2n) is 5.53. The van der Waals surface area contributed by atoms with E-state index in [1.807, 2.05) is 18.2 Å². The highest BCUT2D eigenvalue weighted by Crippen LogP contribution is 2.37. The first-order chi connectivity index (χ1) is 12.5. The summed E-state index contributed by atoms with van der Waals surface area (Å²) in [6.07, 6.45) is 0. The zero-order valence-electron chi connectivity index (χ0n) is 13.4. The Morgan fingerprint density at radius 3 is 2.77 bits per heavy atom. The molecular formula is C18H11Cl2N3O2S. The van der Waals surface area contributed by atoms with Crippen molar-refractivity contribution in [1.29, 1.82) is 0 Å². The Morgan fingerprint density at radius 2 is 2.00 bits per heavy atom. The van der Waals surface area contributed by atoms with E-state index in [4.69, 9.17) is 27.7 Å². The number of nitrogens with one attached hydrogen (secondary N) is 1. The topological polar surface area (TPSA) is 68.0 Å². The van der Waals surface area contributed by atoms with Gasteiger partial charge >= 0.3 is 0 Å². The van der Waals surface area contributed by atoms with Crippen molar-refractivity contribution < 1.29 is 9.32 Å². The molecule has 8 heteroatoms. The highest BCUT2D eigenvalue weighted by atomic mass is 35.5. The number of para-hydroxylation sites is 1. The lowest BCUT2D eigenvalue weighted by molar-refractivity contribution is 0.103. The fraction of sp³-hybridized carbons (Fsp3) is 0.0556. The molecule has 0 aliphatic heterocycles. The van der Waals surface area contributed by atoms with Gasteiger partial charge < -0.3 is 9.84 Å². The predicted molar refractivity (Wildman–Crippen MR) is 104 cm³/mol. The van der Waals surface area contributed by atoms with Crippen LogP contribution < -0.4 is 5.32 Å². The normalized spacial score (nSPS) is 11.0. The van der Waals surface area contributed by atoms with Crippen molar-refractivity contribution in [3.8, 4) is 11.5 Å². The molecule has 0 unspecified atom stereocenters. The minimum atomic E-state index is -0.309. The summed E-state index contributed by atoms with van der Waals surface area (Å²) in [6, 6.07) is 12.6. The van der Waals surface area contributed by atoms with E-state index in [1.165, 1.54) is 11.3 Å². The van der Waals surface area contributed by atoms with Crippen molar-refractivity contribution in [2.75, 3.05) is 5.32 Å². The number of hydrogen-bond donors (Lipinski definition) is 1. The van der Waals surface area contributed by atoms with Crippen molar-refractivity contribution >= 4 is 56.2 Å². The third-order valence-corrected chi connectivity index (χ3v) is 5.62. The first-order valence-electron chi connectivity index (χ1n) is 7.61. The Balaban J connectivity index is 1.70. The number of fused-ring (bicyclic) bond motifs is 1. The zero-order valence-corrected chi connectivity index (χ0v) is 15.7. The summed E-state index contributed by atoms with van der Waals surface area (Å²) in [5.41, 5.74) is 1.20. The van der Waals surface area contributed by atoms with Crippen LogP contribution in [-0.2, 0) is 0 Å². The van der Waals surface area contributed by atoms with Crippen LogP contribution in [0.2, 0.25) is 10.0 Å². The summed E-state index contributed by atoms with van der Waals surface area (Å²) in [5.74, 6) is 0.550. The van der Waals surface area contributed by atoms with Crippen molar-refractivity contribution in [3.63, 3.8) is 0 Å². The molecule has 4 aromatic rings. The van der Waals surface area contributed by atoms with Gasteiger partial charge in [0.25, 0.3) is 11.8 Å². The van der Waals surface area contributed by atoms with Crippen LogP contribution in [0.3, 0.4) is 0 Å². The van der Waals surface area contributed by atoms with Gasteiger partial charge in [-0.3, -0.25) is 4.79 Å². The van der Waals surface area contributed by atoms with Gasteiger partial charge in [-0.05, 0) is 31.2 Å². The number of benzene rings is 2. The fourth-order valence-corrected chi connectivity index (χ4v) is 4.24. The Morgan fingerprint density at radius 1 is 1.19 bits per heavy atom. The van der Waals surface area contributed by atoms with Crippen molar-refractivity contribution in [2.24, 2.45) is 0 Å². The summed E-state index contributed by atoms with van der Waals surface area (Å²) in [6.45, 7) is 1.73. The molecule has 0 saturated heterocycles. The number of thiophene rings is 1. The van der Waals surface area contributed by atoms with Gasteiger partial charge in [0.1, 0.15) is 4.88 Å². The maximum Gasteiger partial charge on any atom is 0.267 e. The maximum atomic E-state index is 12.8. The molecule has 2 aromatic carbocycles. The van der Waals surface area contributed by atoms with Crippen LogP contribution in [0.15, 0.2) is 47.0 Å². The van der Waals surface area contributed by atoms with E-state index >= 15 is 0 Å². The summed E-state index contributed by atoms with van der Waals surface area (Å²) in [5, 5.41) is 8.47. The third-order valence-electron chi connectivity index (χ3n) is 3.73. The first-order valence-corrected chi connectivity index (χ1v) is 9.19. The SMILES string of the molecule is Cc1noc(-c2ccccc2NC(=O)c2sc3cc(Cl)ccc3c2Cl)n1. The molecule has 0 spiro atoms. The van der Waals surface area contributed by atoms with E-state index in [9.17, 15) is 4.79 Å². The molecule has 2 aromatic heterocycles. The minimum Gasteiger partial charge on any atom is -0.334 e. The smallest absolute Gasteiger partial charge is 0.267 e. The van der Waals surface area contributed by atoms with Crippen LogP contribution in [0.4, 0.5) is 5.69 Å². The monoisotopic (exact) mass is 403 g/mol. The van der Waals surface area contributed by atoms with E-state index in [-0.39, 0.29) is 5.91 Å². The first kappa shape index (κ1) is 17.0. The number of hydrogen-bond acceptors (Lipinski definition) is 5. The van der Waals surface area contributed by atoms with Crippen LogP contribution in [-0.4, -0.2) is 16.0 Å². The van der Waals surface area contributed by atoms with E-state index in [1.54, 1.807) is 31.2 Å². The van der Waals surface area contributed by atoms with E-state index in [2.05, 4.69) is 15.5 Å². The molecular weight excluding hydrogens is 393 g/mol. The fourth-order valence-electron chi connectivity index (χ4n) is 2.55. The number of carbonyl (C=O) groups is 1. The number of aromatic nitrogens is 2. The number of halogens is 2. The number of rotatable bonds is 3. The molecule has 0 aliphatic carbocycles. The van der Waals surface area contributed by atoms with Gasteiger partial charge in [-0.2, -0.15) is 4.98 Å². The van der Waals surface area contributed by atoms with Gasteiger partial charge in [0, 0.05) is 15.1 Å². The lowest BCUT2D eigenvalue weighted by Gasteiger charge is -2.07. The average molecular weight is 404 g/mol. The second kappa shape index (κ2) is 6.72. The number of carbonyl (C=O) groups excluding carboxylic acids is 1. The molecule has 4 rings (SSSR count). The predicted octanol–water partition coefficient (Wildman–Crippen LogP) is 5.82. The quantitative estimate of drug-likeness (QED) is 0.467. The lowest BCUT2D eigenvalue weighted by Crippen LogP contribution is -2.11. The van der Waals surface area contributed by atoms with Crippen molar-refractivity contribution in [2.45, 2.75) is 6.92 Å². The van der Waals surface area contributed by atoms with Gasteiger partial charge in [0.15, 0.2) is 5.82 Å². The van der Waals surface area contributed by atoms with E-state index in [0.717, 1.165) is 10.1 Å². The molecule has 0 atom stereocenters. The zero-order chi connectivity index (χ0) is 18.3. The maximum absolute atomic E-state index is 12.8. The van der Waals surface area contributed by atoms with Gasteiger partial charge in [0.05, 0.1) is 16.3 Å². The van der Waals surface area contributed by atoms with Crippen LogP contribution in [0.25, 0.3) is 21.5 Å².